The van der Waals surface area contributed by atoms with Gasteiger partial charge in [0, 0.05) is 12.3 Å². The van der Waals surface area contributed by atoms with Crippen LogP contribution in [0.2, 0.25) is 0 Å². The van der Waals surface area contributed by atoms with Crippen LogP contribution >= 0.6 is 0 Å². The van der Waals surface area contributed by atoms with Crippen LogP contribution < -0.4 is 5.56 Å². The van der Waals surface area contributed by atoms with Crippen LogP contribution in [0, 0.1) is 0 Å². The lowest BCUT2D eigenvalue weighted by molar-refractivity contribution is 0.861. The van der Waals surface area contributed by atoms with E-state index in [4.69, 9.17) is 0 Å². The van der Waals surface area contributed by atoms with Crippen LogP contribution in [0.5, 0.6) is 0 Å². The van der Waals surface area contributed by atoms with E-state index >= 15 is 0 Å². The van der Waals surface area contributed by atoms with Gasteiger partial charge in [0.15, 0.2) is 5.65 Å². The second kappa shape index (κ2) is 2.16. The fourth-order valence-corrected chi connectivity index (χ4v) is 0.891. The van der Waals surface area contributed by atoms with Crippen molar-refractivity contribution in [3.63, 3.8) is 0 Å². The summed E-state index contributed by atoms with van der Waals surface area (Å²) in [6.07, 6.45) is 3.03. The van der Waals surface area contributed by atoms with E-state index in [0.717, 1.165) is 0 Å². The van der Waals surface area contributed by atoms with E-state index in [-0.39, 0.29) is 5.56 Å². The molecule has 0 spiro atoms. The lowest BCUT2D eigenvalue weighted by atomic mass is 10.5. The van der Waals surface area contributed by atoms with E-state index in [1.54, 1.807) is 18.3 Å². The lowest BCUT2D eigenvalue weighted by Crippen LogP contribution is -2.14. The first kappa shape index (κ1) is 6.03. The van der Waals surface area contributed by atoms with Gasteiger partial charge >= 0.3 is 0 Å². The summed E-state index contributed by atoms with van der Waals surface area (Å²) >= 11 is 0. The fourth-order valence-electron chi connectivity index (χ4n) is 0.891. The Morgan fingerprint density at radius 1 is 1.27 bits per heavy atom. The van der Waals surface area contributed by atoms with Gasteiger partial charge in [-0.3, -0.25) is 4.79 Å². The third-order valence-corrected chi connectivity index (χ3v) is 1.37. The van der Waals surface area contributed by atoms with E-state index in [9.17, 15) is 4.79 Å². The molecule has 11 heavy (non-hydrogen) atoms. The van der Waals surface area contributed by atoms with Crippen molar-refractivity contribution in [1.29, 1.82) is 0 Å². The summed E-state index contributed by atoms with van der Waals surface area (Å²) < 4.78 is 1.25. The summed E-state index contributed by atoms with van der Waals surface area (Å²) in [5, 5.41) is 3.82. The van der Waals surface area contributed by atoms with Crippen molar-refractivity contribution in [3.8, 4) is 0 Å². The minimum atomic E-state index is -0.157. The topological polar surface area (TPSA) is 47.3 Å². The highest BCUT2D eigenvalue weighted by molar-refractivity contribution is 5.34. The summed E-state index contributed by atoms with van der Waals surface area (Å²) in [5.41, 5.74) is 0.413. The van der Waals surface area contributed by atoms with E-state index in [1.165, 1.54) is 16.8 Å². The second-order valence-corrected chi connectivity index (χ2v) is 2.08. The quantitative estimate of drug-likeness (QED) is 0.530. The minimum absolute atomic E-state index is 0.157. The number of aromatic nitrogens is 3. The molecule has 0 radical (unpaired) electrons. The number of pyridine rings is 1. The molecule has 0 aromatic carbocycles. The molecule has 2 rings (SSSR count). The molecule has 0 saturated carbocycles. The zero-order valence-corrected chi connectivity index (χ0v) is 5.64. The van der Waals surface area contributed by atoms with Crippen LogP contribution in [-0.4, -0.2) is 14.6 Å². The van der Waals surface area contributed by atoms with Gasteiger partial charge in [0.05, 0.1) is 6.20 Å². The number of hydrogen-bond acceptors (Lipinski definition) is 3. The molecular weight excluding hydrogens is 142 g/mol. The van der Waals surface area contributed by atoms with Crippen molar-refractivity contribution in [2.45, 2.75) is 0 Å². The first-order valence-electron chi connectivity index (χ1n) is 3.17. The summed E-state index contributed by atoms with van der Waals surface area (Å²) in [6, 6.07) is 4.84. The molecule has 0 saturated heterocycles. The molecule has 54 valence electrons. The number of nitrogens with zero attached hydrogens (tertiary/aromatic N) is 3. The number of hydrogen-bond donors (Lipinski definition) is 0. The Labute approximate surface area is 62.1 Å². The van der Waals surface area contributed by atoms with Crippen molar-refractivity contribution < 1.29 is 0 Å². The van der Waals surface area contributed by atoms with Gasteiger partial charge in [-0.05, 0) is 6.07 Å². The fraction of sp³-hybridized carbons (Fsp3) is 0. The Hall–Kier alpha value is -1.71. The maximum Gasteiger partial charge on any atom is 0.272 e. The van der Waals surface area contributed by atoms with Gasteiger partial charge in [0.1, 0.15) is 0 Å². The molecule has 0 N–H and O–H groups in total. The smallest absolute Gasteiger partial charge is 0.267 e. The highest BCUT2D eigenvalue weighted by atomic mass is 16.1. The molecule has 4 heteroatoms. The van der Waals surface area contributed by atoms with Crippen LogP contribution in [0.15, 0.2) is 35.4 Å². The number of fused-ring (bicyclic) bond motifs is 1. The largest absolute Gasteiger partial charge is 0.272 e. The average molecular weight is 147 g/mol. The van der Waals surface area contributed by atoms with Gasteiger partial charge in [-0.25, -0.2) is 4.98 Å². The predicted octanol–water partition coefficient (Wildman–Crippen LogP) is 0.0895. The highest BCUT2D eigenvalue weighted by Crippen LogP contribution is 1.88. The maximum absolute atomic E-state index is 11.0. The SMILES string of the molecule is O=c1cccc2nccnn12. The zero-order valence-electron chi connectivity index (χ0n) is 5.64. The molecule has 0 aliphatic carbocycles. The van der Waals surface area contributed by atoms with Gasteiger partial charge < -0.3 is 0 Å². The molecule has 0 unspecified atom stereocenters. The van der Waals surface area contributed by atoms with Gasteiger partial charge in [0.2, 0.25) is 0 Å². The van der Waals surface area contributed by atoms with Crippen LogP contribution in [0.1, 0.15) is 0 Å². The summed E-state index contributed by atoms with van der Waals surface area (Å²) in [5.74, 6) is 0. The van der Waals surface area contributed by atoms with Crippen molar-refractivity contribution >= 4 is 5.65 Å². The van der Waals surface area contributed by atoms with Crippen molar-refractivity contribution in [3.05, 3.63) is 40.9 Å². The normalized spacial score (nSPS) is 10.2. The van der Waals surface area contributed by atoms with Crippen molar-refractivity contribution in [2.75, 3.05) is 0 Å². The first-order chi connectivity index (χ1) is 5.38. The maximum atomic E-state index is 11.0. The van der Waals surface area contributed by atoms with Crippen molar-refractivity contribution in [2.24, 2.45) is 0 Å². The molecule has 0 atom stereocenters. The van der Waals surface area contributed by atoms with Crippen LogP contribution in [0.25, 0.3) is 5.65 Å². The average Bonchev–Trinajstić information content (AvgIpc) is 2.06. The summed E-state index contributed by atoms with van der Waals surface area (Å²) in [4.78, 5) is 15.0. The van der Waals surface area contributed by atoms with Gasteiger partial charge in [-0.2, -0.15) is 9.61 Å². The Kier molecular flexibility index (Phi) is 1.18. The molecular formula is C7H5N3O. The Balaban J connectivity index is 3.03. The molecule has 0 aliphatic rings. The lowest BCUT2D eigenvalue weighted by Gasteiger charge is -1.93. The van der Waals surface area contributed by atoms with Gasteiger partial charge in [0.25, 0.3) is 5.56 Å². The monoisotopic (exact) mass is 147 g/mol. The third-order valence-electron chi connectivity index (χ3n) is 1.37. The molecule has 0 bridgehead atoms. The van der Waals surface area contributed by atoms with Crippen LogP contribution in [0.3, 0.4) is 0 Å². The molecule has 2 heterocycles. The molecule has 2 aromatic rings. The predicted molar refractivity (Wildman–Crippen MR) is 39.3 cm³/mol. The summed E-state index contributed by atoms with van der Waals surface area (Å²) in [6.45, 7) is 0. The highest BCUT2D eigenvalue weighted by Gasteiger charge is 1.92. The standard InChI is InChI=1S/C7H5N3O/c11-7-3-1-2-6-8-4-5-9-10(6)7/h1-5H. The molecule has 2 aromatic heterocycles. The Morgan fingerprint density at radius 3 is 3.00 bits per heavy atom. The Morgan fingerprint density at radius 2 is 2.18 bits per heavy atom. The van der Waals surface area contributed by atoms with Crippen LogP contribution in [-0.2, 0) is 0 Å². The second-order valence-electron chi connectivity index (χ2n) is 2.08. The minimum Gasteiger partial charge on any atom is -0.267 e. The first-order valence-corrected chi connectivity index (χ1v) is 3.17. The van der Waals surface area contributed by atoms with E-state index < -0.39 is 0 Å². The molecule has 0 fully saturated rings. The van der Waals surface area contributed by atoms with Gasteiger partial charge in [-0.1, -0.05) is 6.07 Å². The van der Waals surface area contributed by atoms with Gasteiger partial charge in [-0.15, -0.1) is 0 Å². The number of rotatable bonds is 0. The third kappa shape index (κ3) is 0.881. The van der Waals surface area contributed by atoms with Crippen molar-refractivity contribution in [1.82, 2.24) is 14.6 Å². The molecule has 0 amide bonds. The van der Waals surface area contributed by atoms with E-state index in [2.05, 4.69) is 10.1 Å². The Bertz CT molecular complexity index is 429. The van der Waals surface area contributed by atoms with E-state index in [0.29, 0.717) is 5.65 Å². The van der Waals surface area contributed by atoms with Crippen LogP contribution in [0.4, 0.5) is 0 Å². The zero-order chi connectivity index (χ0) is 7.68. The molecule has 4 nitrogen and oxygen atoms in total. The van der Waals surface area contributed by atoms with E-state index in [1.807, 2.05) is 0 Å². The summed E-state index contributed by atoms with van der Waals surface area (Å²) in [7, 11) is 0. The molecule has 0 aliphatic heterocycles.